The number of hydrogen-bond acceptors (Lipinski definition) is 8. The number of nitro groups is 2. The molecule has 0 saturated carbocycles. The van der Waals surface area contributed by atoms with Crippen molar-refractivity contribution in [3.05, 3.63) is 38.4 Å². The zero-order chi connectivity index (χ0) is 21.8. The van der Waals surface area contributed by atoms with Gasteiger partial charge in [-0.25, -0.2) is 0 Å². The fourth-order valence-corrected chi connectivity index (χ4v) is 2.48. The second-order valence-corrected chi connectivity index (χ2v) is 6.41. The summed E-state index contributed by atoms with van der Waals surface area (Å²) in [6, 6.07) is 3.28. The van der Waals surface area contributed by atoms with E-state index in [9.17, 15) is 29.8 Å². The van der Waals surface area contributed by atoms with Gasteiger partial charge < -0.3 is 21.7 Å². The van der Waals surface area contributed by atoms with Gasteiger partial charge in [0.15, 0.2) is 0 Å². The lowest BCUT2D eigenvalue weighted by atomic mass is 10.1. The summed E-state index contributed by atoms with van der Waals surface area (Å²) in [5.74, 6) is -0.392. The van der Waals surface area contributed by atoms with Crippen molar-refractivity contribution in [3.8, 4) is 0 Å². The summed E-state index contributed by atoms with van der Waals surface area (Å²) in [6.45, 7) is 2.57. The molecule has 1 rings (SSSR count). The number of anilines is 1. The molecule has 0 heterocycles. The molecule has 1 aromatic rings. The number of amides is 2. The monoisotopic (exact) mass is 410 g/mol. The van der Waals surface area contributed by atoms with Gasteiger partial charge in [-0.05, 0) is 32.3 Å². The molecule has 0 bridgehead atoms. The second-order valence-electron chi connectivity index (χ2n) is 6.41. The topological polar surface area (TPSA) is 183 Å². The summed E-state index contributed by atoms with van der Waals surface area (Å²) in [6.07, 6.45) is 2.07. The highest BCUT2D eigenvalue weighted by Gasteiger charge is 2.19. The number of carbonyl (C=O) groups excluding carboxylic acids is 2. The van der Waals surface area contributed by atoms with E-state index >= 15 is 0 Å². The minimum atomic E-state index is -0.688. The Balaban J connectivity index is 2.27. The summed E-state index contributed by atoms with van der Waals surface area (Å²) < 4.78 is 0. The third-order valence-corrected chi connectivity index (χ3v) is 4.03. The van der Waals surface area contributed by atoms with Crippen LogP contribution in [0.25, 0.3) is 0 Å². The summed E-state index contributed by atoms with van der Waals surface area (Å²) in [4.78, 5) is 43.3. The third-order valence-electron chi connectivity index (χ3n) is 4.03. The lowest BCUT2D eigenvalue weighted by Gasteiger charge is -2.13. The molecule has 0 fully saturated rings. The van der Waals surface area contributed by atoms with Crippen molar-refractivity contribution in [2.45, 2.75) is 38.6 Å². The number of hydrogen-bond donors (Lipinski definition) is 4. The van der Waals surface area contributed by atoms with E-state index in [4.69, 9.17) is 5.73 Å². The normalized spacial score (nSPS) is 11.4. The van der Waals surface area contributed by atoms with Gasteiger partial charge in [-0.2, -0.15) is 0 Å². The first-order valence-electron chi connectivity index (χ1n) is 9.17. The van der Waals surface area contributed by atoms with Gasteiger partial charge in [0, 0.05) is 31.6 Å². The van der Waals surface area contributed by atoms with Crippen LogP contribution < -0.4 is 21.7 Å². The Morgan fingerprint density at radius 3 is 2.41 bits per heavy atom. The van der Waals surface area contributed by atoms with E-state index < -0.39 is 9.85 Å². The molecule has 1 aromatic carbocycles. The lowest BCUT2D eigenvalue weighted by molar-refractivity contribution is -0.393. The Morgan fingerprint density at radius 1 is 1.10 bits per heavy atom. The van der Waals surface area contributed by atoms with Crippen molar-refractivity contribution in [3.63, 3.8) is 0 Å². The molecule has 0 radical (unpaired) electrons. The van der Waals surface area contributed by atoms with Crippen LogP contribution in [0.2, 0.25) is 0 Å². The van der Waals surface area contributed by atoms with E-state index in [0.717, 1.165) is 6.07 Å². The zero-order valence-corrected chi connectivity index (χ0v) is 16.2. The van der Waals surface area contributed by atoms with Crippen LogP contribution in [0, 0.1) is 20.2 Å². The van der Waals surface area contributed by atoms with Crippen LogP contribution in [-0.4, -0.2) is 47.3 Å². The standard InChI is InChI=1S/C17H26N6O6/c1-12(21-17(25)11-18)4-7-16(24)20-9-3-2-8-19-14-6-5-13(22(26)27)10-15(14)23(28)29/h5-6,10,12,19H,2-4,7-9,11,18H2,1H3,(H,20,24)(H,21,25). The molecule has 0 saturated heterocycles. The maximum Gasteiger partial charge on any atom is 0.299 e. The Labute approximate surface area is 167 Å². The summed E-state index contributed by atoms with van der Waals surface area (Å²) in [7, 11) is 0. The number of nitrogens with zero attached hydrogens (tertiary/aromatic N) is 2. The highest BCUT2D eigenvalue weighted by atomic mass is 16.6. The van der Waals surface area contributed by atoms with Gasteiger partial charge in [0.1, 0.15) is 5.69 Å². The molecule has 0 aromatic heterocycles. The Kier molecular flexibility index (Phi) is 10.0. The largest absolute Gasteiger partial charge is 0.379 e. The number of nitrogens with one attached hydrogen (secondary N) is 3. The van der Waals surface area contributed by atoms with Gasteiger partial charge in [-0.1, -0.05) is 0 Å². The fraction of sp³-hybridized carbons (Fsp3) is 0.529. The molecule has 29 heavy (non-hydrogen) atoms. The maximum atomic E-state index is 11.8. The van der Waals surface area contributed by atoms with Gasteiger partial charge in [0.25, 0.3) is 11.4 Å². The minimum absolute atomic E-state index is 0.0897. The first kappa shape index (κ1) is 23.8. The summed E-state index contributed by atoms with van der Waals surface area (Å²) >= 11 is 0. The van der Waals surface area contributed by atoms with Crippen LogP contribution >= 0.6 is 0 Å². The molecule has 12 nitrogen and oxygen atoms in total. The average Bonchev–Trinajstić information content (AvgIpc) is 2.68. The summed E-state index contributed by atoms with van der Waals surface area (Å²) in [5.41, 5.74) is 4.71. The first-order valence-corrected chi connectivity index (χ1v) is 9.17. The van der Waals surface area contributed by atoms with Gasteiger partial charge in [0.05, 0.1) is 22.5 Å². The highest BCUT2D eigenvalue weighted by Crippen LogP contribution is 2.28. The highest BCUT2D eigenvalue weighted by molar-refractivity contribution is 5.78. The van der Waals surface area contributed by atoms with E-state index in [2.05, 4.69) is 16.0 Å². The van der Waals surface area contributed by atoms with Crippen LogP contribution in [0.4, 0.5) is 17.1 Å². The molecule has 0 aliphatic rings. The molecular formula is C17H26N6O6. The fourth-order valence-electron chi connectivity index (χ4n) is 2.48. The number of nitrogens with two attached hydrogens (primary N) is 1. The quantitative estimate of drug-likeness (QED) is 0.211. The van der Waals surface area contributed by atoms with Crippen molar-refractivity contribution in [1.29, 1.82) is 0 Å². The maximum absolute atomic E-state index is 11.8. The zero-order valence-electron chi connectivity index (χ0n) is 16.2. The lowest BCUT2D eigenvalue weighted by Crippen LogP contribution is -2.37. The average molecular weight is 410 g/mol. The molecule has 0 aliphatic carbocycles. The van der Waals surface area contributed by atoms with Crippen LogP contribution in [0.3, 0.4) is 0 Å². The molecule has 5 N–H and O–H groups in total. The van der Waals surface area contributed by atoms with E-state index in [1.54, 1.807) is 6.92 Å². The van der Waals surface area contributed by atoms with Crippen molar-refractivity contribution in [2.75, 3.05) is 25.0 Å². The Hall–Kier alpha value is -3.28. The number of carbonyl (C=O) groups is 2. The first-order chi connectivity index (χ1) is 13.7. The number of benzene rings is 1. The number of rotatable bonds is 13. The molecule has 0 spiro atoms. The van der Waals surface area contributed by atoms with Crippen molar-refractivity contribution in [2.24, 2.45) is 5.73 Å². The van der Waals surface area contributed by atoms with Gasteiger partial charge in [-0.3, -0.25) is 29.8 Å². The van der Waals surface area contributed by atoms with Crippen LogP contribution in [0.5, 0.6) is 0 Å². The van der Waals surface area contributed by atoms with Crippen LogP contribution in [0.15, 0.2) is 18.2 Å². The van der Waals surface area contributed by atoms with Gasteiger partial charge >= 0.3 is 0 Å². The molecule has 1 atom stereocenters. The van der Waals surface area contributed by atoms with E-state index in [-0.39, 0.29) is 47.9 Å². The summed E-state index contributed by atoms with van der Waals surface area (Å²) in [5, 5.41) is 30.1. The third kappa shape index (κ3) is 8.97. The van der Waals surface area contributed by atoms with Gasteiger partial charge in [0.2, 0.25) is 11.8 Å². The molecule has 2 amide bonds. The Morgan fingerprint density at radius 2 is 1.79 bits per heavy atom. The smallest absolute Gasteiger partial charge is 0.299 e. The van der Waals surface area contributed by atoms with Crippen LogP contribution in [0.1, 0.15) is 32.6 Å². The number of nitro benzene ring substituents is 2. The molecular weight excluding hydrogens is 384 g/mol. The van der Waals surface area contributed by atoms with E-state index in [1.807, 2.05) is 0 Å². The molecule has 1 unspecified atom stereocenters. The minimum Gasteiger partial charge on any atom is -0.379 e. The molecule has 160 valence electrons. The van der Waals surface area contributed by atoms with E-state index in [1.165, 1.54) is 12.1 Å². The van der Waals surface area contributed by atoms with Crippen molar-refractivity contribution < 1.29 is 19.4 Å². The predicted octanol–water partition coefficient (Wildman–Crippen LogP) is 1.05. The number of non-ortho nitro benzene ring substituents is 1. The van der Waals surface area contributed by atoms with E-state index in [0.29, 0.717) is 32.4 Å². The van der Waals surface area contributed by atoms with Crippen molar-refractivity contribution >= 4 is 28.9 Å². The SMILES string of the molecule is CC(CCC(=O)NCCCCNc1ccc([N+](=O)[O-])cc1[N+](=O)[O-])NC(=O)CN. The Bertz CT molecular complexity index is 741. The predicted molar refractivity (Wildman–Crippen MR) is 106 cm³/mol. The van der Waals surface area contributed by atoms with Crippen LogP contribution in [-0.2, 0) is 9.59 Å². The molecule has 12 heteroatoms. The second kappa shape index (κ2) is 12.2. The number of unbranched alkanes of at least 4 members (excludes halogenated alkanes) is 1. The van der Waals surface area contributed by atoms with Crippen molar-refractivity contribution in [1.82, 2.24) is 10.6 Å². The van der Waals surface area contributed by atoms with Gasteiger partial charge in [-0.15, -0.1) is 0 Å². The molecule has 0 aliphatic heterocycles.